The molecule has 0 spiro atoms. The molecule has 2 saturated heterocycles. The molecule has 4 aliphatic heterocycles. The van der Waals surface area contributed by atoms with Gasteiger partial charge in [0.15, 0.2) is 17.3 Å². The average Bonchev–Trinajstić information content (AvgIpc) is 4.06. The number of nitrogen functional groups attached to an aromatic ring is 1. The molecule has 2 fully saturated rings. The normalized spacial score (nSPS) is 15.9. The van der Waals surface area contributed by atoms with Gasteiger partial charge in [-0.15, -0.1) is 5.10 Å². The summed E-state index contributed by atoms with van der Waals surface area (Å²) in [7, 11) is 1.56. The highest BCUT2D eigenvalue weighted by molar-refractivity contribution is 6.20. The molecule has 6 N–H and O–H groups in total. The summed E-state index contributed by atoms with van der Waals surface area (Å²) >= 11 is 0. The van der Waals surface area contributed by atoms with Crippen LogP contribution in [0, 0.1) is 0 Å². The molecule has 10 rings (SSSR count). The van der Waals surface area contributed by atoms with E-state index in [1.165, 1.54) is 23.0 Å². The number of amidine groups is 1. The van der Waals surface area contributed by atoms with Gasteiger partial charge in [-0.2, -0.15) is 0 Å². The Kier molecular flexibility index (Phi) is 14.1. The number of nitrogens with one attached hydrogen (secondary N) is 1. The molecule has 0 radical (unpaired) electrons. The predicted molar refractivity (Wildman–Crippen MR) is 276 cm³/mol. The lowest BCUT2D eigenvalue weighted by Crippen LogP contribution is -2.49. The summed E-state index contributed by atoms with van der Waals surface area (Å²) in [6.07, 6.45) is 3.09. The Balaban J connectivity index is 0.655. The Morgan fingerprint density at radius 3 is 2.23 bits per heavy atom. The second-order valence-electron chi connectivity index (χ2n) is 18.6. The number of amides is 2. The van der Waals surface area contributed by atoms with Crippen LogP contribution in [-0.4, -0.2) is 169 Å². The molecule has 2 amide bonds. The molecular weight excluding hydrogens is 949 g/mol. The number of hydrogen-bond donors (Lipinski definition) is 5. The van der Waals surface area contributed by atoms with E-state index in [-0.39, 0.29) is 46.9 Å². The minimum atomic E-state index is -0.433. The number of piperazine rings is 2. The topological polar surface area (TPSA) is 258 Å². The molecule has 384 valence electrons. The fourth-order valence-corrected chi connectivity index (χ4v) is 9.54. The number of phenols is 2. The molecule has 6 heterocycles. The van der Waals surface area contributed by atoms with E-state index >= 15 is 0 Å². The van der Waals surface area contributed by atoms with E-state index in [0.717, 1.165) is 62.5 Å². The number of nitrogens with zero attached hydrogens (tertiary/aromatic N) is 12. The zero-order valence-corrected chi connectivity index (χ0v) is 41.4. The number of carbonyl (C=O) groups is 2. The van der Waals surface area contributed by atoms with Crippen LogP contribution >= 0.6 is 0 Å². The van der Waals surface area contributed by atoms with Crippen molar-refractivity contribution in [2.45, 2.75) is 32.7 Å². The third kappa shape index (κ3) is 10.4. The standard InChI is InChI=1S/C52H58N14O8/c1-32(2)39-27-40(42(68)28-41(39)67)47-59-60-51(70)66(47)36-7-5-33(6-8-36)31-62-20-22-63(23-21-62)35-9-11-37(12-10-35)74-52(71)64-24-18-61(19-25-64)16-4-26-73-43-14-13-38-44(45(43)72-3)57-50(65-17-15-54-46(38)65)58-48(69)34-29-55-49(53)56-30-34/h5-14,27-30,32,67-68H,4,15-26,31H2,1-3H3,(H,60,70)(H2,53,55,56)(H,57,58,69). The lowest BCUT2D eigenvalue weighted by Gasteiger charge is -2.36. The van der Waals surface area contributed by atoms with Gasteiger partial charge in [-0.1, -0.05) is 31.1 Å². The lowest BCUT2D eigenvalue weighted by atomic mass is 9.98. The number of phenolic OH excluding ortho intramolecular Hbond substituents is 2. The first kappa shape index (κ1) is 49.1. The molecule has 74 heavy (non-hydrogen) atoms. The number of rotatable bonds is 14. The number of anilines is 2. The van der Waals surface area contributed by atoms with E-state index in [1.807, 2.05) is 79.4 Å². The molecule has 2 aromatic heterocycles. The van der Waals surface area contributed by atoms with Gasteiger partial charge in [0.05, 0.1) is 37.1 Å². The number of ether oxygens (including phenoxy) is 3. The number of guanidine groups is 1. The number of hydrogen-bond acceptors (Lipinski definition) is 19. The summed E-state index contributed by atoms with van der Waals surface area (Å²) in [6.45, 7) is 12.8. The Labute approximate surface area is 427 Å². The van der Waals surface area contributed by atoms with Crippen molar-refractivity contribution in [3.8, 4) is 51.8 Å². The second-order valence-corrected chi connectivity index (χ2v) is 18.6. The maximum Gasteiger partial charge on any atom is 0.415 e. The van der Waals surface area contributed by atoms with E-state index < -0.39 is 5.91 Å². The summed E-state index contributed by atoms with van der Waals surface area (Å²) < 4.78 is 19.3. The van der Waals surface area contributed by atoms with E-state index in [9.17, 15) is 24.9 Å². The maximum absolute atomic E-state index is 13.2. The monoisotopic (exact) mass is 1010 g/mol. The molecule has 4 aliphatic rings. The Morgan fingerprint density at radius 2 is 1.51 bits per heavy atom. The molecule has 22 nitrogen and oxygen atoms in total. The number of carbonyl (C=O) groups excluding carboxylic acids is 2. The van der Waals surface area contributed by atoms with Gasteiger partial charge in [-0.3, -0.25) is 29.8 Å². The zero-order valence-electron chi connectivity index (χ0n) is 41.4. The van der Waals surface area contributed by atoms with Gasteiger partial charge in [-0.05, 0) is 78.1 Å². The molecule has 0 bridgehead atoms. The summed E-state index contributed by atoms with van der Waals surface area (Å²) in [6, 6.07) is 21.9. The van der Waals surface area contributed by atoms with Crippen molar-refractivity contribution in [1.29, 1.82) is 0 Å². The van der Waals surface area contributed by atoms with Crippen molar-refractivity contribution < 1.29 is 39.1 Å². The fraction of sp³-hybridized carbons (Fsp3) is 0.346. The zero-order chi connectivity index (χ0) is 51.5. The lowest BCUT2D eigenvalue weighted by molar-refractivity contribution is 0.0973. The molecule has 22 heteroatoms. The molecule has 6 aromatic rings. The minimum absolute atomic E-state index is 0.000527. The largest absolute Gasteiger partial charge is 0.508 e. The van der Waals surface area contributed by atoms with Crippen LogP contribution in [0.3, 0.4) is 0 Å². The highest BCUT2D eigenvalue weighted by atomic mass is 16.6. The van der Waals surface area contributed by atoms with Crippen molar-refractivity contribution >= 4 is 41.1 Å². The Hall–Kier alpha value is -8.50. The number of aromatic nitrogens is 5. The van der Waals surface area contributed by atoms with Crippen molar-refractivity contribution in [3.63, 3.8) is 0 Å². The van der Waals surface area contributed by atoms with E-state index in [2.05, 4.69) is 45.2 Å². The Bertz CT molecular complexity index is 3080. The number of nitrogens with two attached hydrogens (primary N) is 1. The highest BCUT2D eigenvalue weighted by Gasteiger charge is 2.34. The molecule has 4 aromatic carbocycles. The SMILES string of the molecule is COc1c(OCCCN2CCN(C(=O)Oc3ccc(N4CCN(Cc5ccc(-n6c(O)nnc6-c6cc(C(C)C)c(O)cc6O)cc5)CC4)cc3)CC2)ccc2c1N=C(NC(=O)c1cnc(N)nc1)N1CCN=C21. The van der Waals surface area contributed by atoms with Gasteiger partial charge in [0, 0.05) is 102 Å². The molecule has 0 aliphatic carbocycles. The summed E-state index contributed by atoms with van der Waals surface area (Å²) in [5, 5.41) is 42.6. The van der Waals surface area contributed by atoms with Gasteiger partial charge >= 0.3 is 12.1 Å². The van der Waals surface area contributed by atoms with Crippen LogP contribution in [0.2, 0.25) is 0 Å². The molecule has 0 saturated carbocycles. The van der Waals surface area contributed by atoms with Crippen LogP contribution in [0.25, 0.3) is 17.1 Å². The summed E-state index contributed by atoms with van der Waals surface area (Å²) in [5.74, 6) is 2.20. The van der Waals surface area contributed by atoms with Crippen molar-refractivity contribution in [1.82, 2.24) is 49.6 Å². The van der Waals surface area contributed by atoms with Crippen LogP contribution in [0.5, 0.6) is 34.8 Å². The molecule has 0 unspecified atom stereocenters. The molecule has 0 atom stereocenters. The maximum atomic E-state index is 13.2. The van der Waals surface area contributed by atoms with Crippen LogP contribution in [0.1, 0.15) is 53.2 Å². The van der Waals surface area contributed by atoms with E-state index in [0.29, 0.717) is 97.4 Å². The van der Waals surface area contributed by atoms with Crippen LogP contribution < -0.4 is 30.2 Å². The van der Waals surface area contributed by atoms with Gasteiger partial charge < -0.3 is 45.1 Å². The van der Waals surface area contributed by atoms with Gasteiger partial charge in [0.2, 0.25) is 11.9 Å². The van der Waals surface area contributed by atoms with Crippen LogP contribution in [0.15, 0.2) is 95.2 Å². The summed E-state index contributed by atoms with van der Waals surface area (Å²) in [4.78, 5) is 54.2. The van der Waals surface area contributed by atoms with Crippen LogP contribution in [0.4, 0.5) is 22.1 Å². The van der Waals surface area contributed by atoms with Gasteiger partial charge in [-0.25, -0.2) is 24.3 Å². The first-order chi connectivity index (χ1) is 35.9. The minimum Gasteiger partial charge on any atom is -0.508 e. The Morgan fingerprint density at radius 1 is 0.797 bits per heavy atom. The van der Waals surface area contributed by atoms with Gasteiger partial charge in [0.25, 0.3) is 5.91 Å². The highest BCUT2D eigenvalue weighted by Crippen LogP contribution is 2.44. The number of aromatic hydroxyl groups is 3. The number of methoxy groups -OCH3 is 1. The second kappa shape index (κ2) is 21.3. The van der Waals surface area contributed by atoms with E-state index in [4.69, 9.17) is 24.9 Å². The van der Waals surface area contributed by atoms with Gasteiger partial charge in [0.1, 0.15) is 28.8 Å². The molecular formula is C52H58N14O8. The first-order valence-electron chi connectivity index (χ1n) is 24.6. The third-order valence-corrected chi connectivity index (χ3v) is 13.6. The van der Waals surface area contributed by atoms with E-state index in [1.54, 1.807) is 18.1 Å². The van der Waals surface area contributed by atoms with Crippen LogP contribution in [-0.2, 0) is 6.54 Å². The quantitative estimate of drug-likeness (QED) is 0.0904. The fourth-order valence-electron chi connectivity index (χ4n) is 9.54. The summed E-state index contributed by atoms with van der Waals surface area (Å²) in [5.41, 5.74) is 10.9. The van der Waals surface area contributed by atoms with Crippen molar-refractivity contribution in [3.05, 3.63) is 107 Å². The van der Waals surface area contributed by atoms with Crippen molar-refractivity contribution in [2.24, 2.45) is 9.98 Å². The number of aliphatic imine (C=N–C) groups is 2. The average molecular weight is 1010 g/mol. The third-order valence-electron chi connectivity index (χ3n) is 13.6. The smallest absolute Gasteiger partial charge is 0.415 e. The number of benzene rings is 4. The predicted octanol–water partition coefficient (Wildman–Crippen LogP) is 4.96. The van der Waals surface area contributed by atoms with Crippen molar-refractivity contribution in [2.75, 3.05) is 96.3 Å². The first-order valence-corrected chi connectivity index (χ1v) is 24.6. The number of fused-ring (bicyclic) bond motifs is 3.